The molecule has 0 aliphatic heterocycles. The zero-order chi connectivity index (χ0) is 12.5. The van der Waals surface area contributed by atoms with E-state index in [0.29, 0.717) is 11.0 Å². The first-order valence-electron chi connectivity index (χ1n) is 5.64. The molecule has 0 atom stereocenters. The summed E-state index contributed by atoms with van der Waals surface area (Å²) in [6, 6.07) is 5.83. The molecule has 90 valence electrons. The highest BCUT2D eigenvalue weighted by atomic mass is 35.5. The van der Waals surface area contributed by atoms with Gasteiger partial charge in [-0.15, -0.1) is 11.3 Å². The lowest BCUT2D eigenvalue weighted by Crippen LogP contribution is -1.89. The third-order valence-electron chi connectivity index (χ3n) is 2.68. The Balaban J connectivity index is 2.21. The second-order valence-electron chi connectivity index (χ2n) is 3.86. The van der Waals surface area contributed by atoms with Crippen LogP contribution in [-0.4, -0.2) is 15.0 Å². The maximum atomic E-state index is 6.22. The number of hydrogen-bond donors (Lipinski definition) is 0. The number of aryl methyl sites for hydroxylation is 1. The standard InChI is InChI=1S/C13H10ClN3S/c1-2-9-7-10-11(14)16-12(17-13(10)18-9)8-3-5-15-6-4-8/h3-7H,2H2,1H3. The number of aromatic nitrogens is 3. The van der Waals surface area contributed by atoms with Crippen LogP contribution in [0, 0.1) is 0 Å². The van der Waals surface area contributed by atoms with Gasteiger partial charge in [-0.3, -0.25) is 4.98 Å². The molecule has 18 heavy (non-hydrogen) atoms. The summed E-state index contributed by atoms with van der Waals surface area (Å²) in [5, 5.41) is 1.46. The van der Waals surface area contributed by atoms with Crippen molar-refractivity contribution in [1.82, 2.24) is 15.0 Å². The fraction of sp³-hybridized carbons (Fsp3) is 0.154. The van der Waals surface area contributed by atoms with E-state index in [0.717, 1.165) is 22.2 Å². The number of halogens is 1. The van der Waals surface area contributed by atoms with Crippen molar-refractivity contribution in [2.45, 2.75) is 13.3 Å². The SMILES string of the molecule is CCc1cc2c(Cl)nc(-c3ccncc3)nc2s1. The molecular formula is C13H10ClN3S. The lowest BCUT2D eigenvalue weighted by molar-refractivity contribution is 1.19. The predicted molar refractivity (Wildman–Crippen MR) is 75.0 cm³/mol. The maximum absolute atomic E-state index is 6.22. The molecule has 0 unspecified atom stereocenters. The average molecular weight is 276 g/mol. The van der Waals surface area contributed by atoms with Crippen LogP contribution in [0.5, 0.6) is 0 Å². The minimum Gasteiger partial charge on any atom is -0.265 e. The predicted octanol–water partition coefficient (Wildman–Crippen LogP) is 3.97. The van der Waals surface area contributed by atoms with Crippen LogP contribution in [-0.2, 0) is 6.42 Å². The van der Waals surface area contributed by atoms with Gasteiger partial charge in [0.1, 0.15) is 9.98 Å². The number of rotatable bonds is 2. The van der Waals surface area contributed by atoms with Crippen LogP contribution in [0.3, 0.4) is 0 Å². The van der Waals surface area contributed by atoms with Gasteiger partial charge in [0, 0.05) is 28.2 Å². The molecule has 3 rings (SSSR count). The fourth-order valence-electron chi connectivity index (χ4n) is 1.74. The number of hydrogen-bond acceptors (Lipinski definition) is 4. The van der Waals surface area contributed by atoms with Gasteiger partial charge in [-0.1, -0.05) is 18.5 Å². The fourth-order valence-corrected chi connectivity index (χ4v) is 2.99. The Hall–Kier alpha value is -1.52. The van der Waals surface area contributed by atoms with E-state index in [9.17, 15) is 0 Å². The van der Waals surface area contributed by atoms with Crippen molar-refractivity contribution in [3.63, 3.8) is 0 Å². The molecule has 0 aromatic carbocycles. The molecule has 0 spiro atoms. The first-order valence-corrected chi connectivity index (χ1v) is 6.83. The lowest BCUT2D eigenvalue weighted by atomic mass is 10.2. The van der Waals surface area contributed by atoms with Crippen molar-refractivity contribution in [2.24, 2.45) is 0 Å². The van der Waals surface area contributed by atoms with Crippen LogP contribution in [0.2, 0.25) is 5.15 Å². The van der Waals surface area contributed by atoms with Gasteiger partial charge in [-0.05, 0) is 24.6 Å². The van der Waals surface area contributed by atoms with Crippen LogP contribution in [0.15, 0.2) is 30.6 Å². The Bertz CT molecular complexity index is 694. The Morgan fingerprint density at radius 3 is 2.72 bits per heavy atom. The van der Waals surface area contributed by atoms with Crippen molar-refractivity contribution < 1.29 is 0 Å². The second-order valence-corrected chi connectivity index (χ2v) is 5.33. The third-order valence-corrected chi connectivity index (χ3v) is 4.15. The molecule has 0 N–H and O–H groups in total. The van der Waals surface area contributed by atoms with Gasteiger partial charge in [0.05, 0.1) is 0 Å². The normalized spacial score (nSPS) is 11.0. The second kappa shape index (κ2) is 4.63. The van der Waals surface area contributed by atoms with Crippen LogP contribution in [0.1, 0.15) is 11.8 Å². The van der Waals surface area contributed by atoms with Crippen molar-refractivity contribution in [3.8, 4) is 11.4 Å². The molecule has 3 nitrogen and oxygen atoms in total. The summed E-state index contributed by atoms with van der Waals surface area (Å²) in [4.78, 5) is 15.1. The molecule has 3 heterocycles. The van der Waals surface area contributed by atoms with Crippen LogP contribution >= 0.6 is 22.9 Å². The summed E-state index contributed by atoms with van der Waals surface area (Å²) >= 11 is 7.89. The number of pyridine rings is 1. The molecule has 0 amide bonds. The number of nitrogens with zero attached hydrogens (tertiary/aromatic N) is 3. The van der Waals surface area contributed by atoms with Crippen LogP contribution in [0.25, 0.3) is 21.6 Å². The highest BCUT2D eigenvalue weighted by Crippen LogP contribution is 2.31. The smallest absolute Gasteiger partial charge is 0.162 e. The monoisotopic (exact) mass is 275 g/mol. The molecular weight excluding hydrogens is 266 g/mol. The van der Waals surface area contributed by atoms with Gasteiger partial charge in [0.25, 0.3) is 0 Å². The Labute approximate surface area is 114 Å². The summed E-state index contributed by atoms with van der Waals surface area (Å²) in [7, 11) is 0. The molecule has 0 saturated carbocycles. The Kier molecular flexibility index (Phi) is 2.97. The van der Waals surface area contributed by atoms with Gasteiger partial charge < -0.3 is 0 Å². The van der Waals surface area contributed by atoms with Crippen molar-refractivity contribution >= 4 is 33.2 Å². The van der Waals surface area contributed by atoms with E-state index in [4.69, 9.17) is 11.6 Å². The molecule has 0 radical (unpaired) electrons. The largest absolute Gasteiger partial charge is 0.265 e. The quantitative estimate of drug-likeness (QED) is 0.664. The average Bonchev–Trinajstić information content (AvgIpc) is 2.83. The van der Waals surface area contributed by atoms with Gasteiger partial charge >= 0.3 is 0 Å². The maximum Gasteiger partial charge on any atom is 0.162 e. The van der Waals surface area contributed by atoms with E-state index in [1.807, 2.05) is 12.1 Å². The first kappa shape index (κ1) is 11.6. The minimum atomic E-state index is 0.516. The molecule has 5 heteroatoms. The summed E-state index contributed by atoms with van der Waals surface area (Å²) < 4.78 is 0. The van der Waals surface area contributed by atoms with Crippen LogP contribution < -0.4 is 0 Å². The first-order chi connectivity index (χ1) is 8.78. The highest BCUT2D eigenvalue weighted by Gasteiger charge is 2.10. The zero-order valence-electron chi connectivity index (χ0n) is 9.72. The summed E-state index contributed by atoms with van der Waals surface area (Å²) in [6.07, 6.45) is 4.44. The summed E-state index contributed by atoms with van der Waals surface area (Å²) in [5.41, 5.74) is 0.931. The molecule has 3 aromatic rings. The molecule has 3 aromatic heterocycles. The summed E-state index contributed by atoms with van der Waals surface area (Å²) in [5.74, 6) is 0.652. The van der Waals surface area contributed by atoms with Crippen molar-refractivity contribution in [1.29, 1.82) is 0 Å². The van der Waals surface area contributed by atoms with E-state index in [1.165, 1.54) is 4.88 Å². The van der Waals surface area contributed by atoms with Gasteiger partial charge in [0.2, 0.25) is 0 Å². The summed E-state index contributed by atoms with van der Waals surface area (Å²) in [6.45, 7) is 2.12. The van der Waals surface area contributed by atoms with E-state index in [-0.39, 0.29) is 0 Å². The topological polar surface area (TPSA) is 38.7 Å². The van der Waals surface area contributed by atoms with Gasteiger partial charge in [0.15, 0.2) is 5.82 Å². The Morgan fingerprint density at radius 1 is 1.22 bits per heavy atom. The Morgan fingerprint density at radius 2 is 2.00 bits per heavy atom. The minimum absolute atomic E-state index is 0.516. The van der Waals surface area contributed by atoms with E-state index in [2.05, 4.69) is 27.9 Å². The van der Waals surface area contributed by atoms with Gasteiger partial charge in [-0.2, -0.15) is 0 Å². The molecule has 0 bridgehead atoms. The number of fused-ring (bicyclic) bond motifs is 1. The van der Waals surface area contributed by atoms with Crippen LogP contribution in [0.4, 0.5) is 0 Å². The number of thiophene rings is 1. The van der Waals surface area contributed by atoms with Crippen molar-refractivity contribution in [2.75, 3.05) is 0 Å². The van der Waals surface area contributed by atoms with Gasteiger partial charge in [-0.25, -0.2) is 9.97 Å². The zero-order valence-corrected chi connectivity index (χ0v) is 11.3. The van der Waals surface area contributed by atoms with E-state index < -0.39 is 0 Å². The third kappa shape index (κ3) is 1.98. The lowest BCUT2D eigenvalue weighted by Gasteiger charge is -2.00. The molecule has 0 aliphatic carbocycles. The van der Waals surface area contributed by atoms with E-state index >= 15 is 0 Å². The highest BCUT2D eigenvalue weighted by molar-refractivity contribution is 7.18. The van der Waals surface area contributed by atoms with Crippen molar-refractivity contribution in [3.05, 3.63) is 40.6 Å². The molecule has 0 fully saturated rings. The van der Waals surface area contributed by atoms with E-state index in [1.54, 1.807) is 23.7 Å². The molecule has 0 aliphatic rings. The molecule has 0 saturated heterocycles.